The molecule has 3 rings (SSSR count). The Morgan fingerprint density at radius 1 is 0.591 bits per heavy atom. The van der Waals surface area contributed by atoms with E-state index in [1.807, 2.05) is 12.1 Å². The van der Waals surface area contributed by atoms with Crippen LogP contribution in [0.2, 0.25) is 0 Å². The molecule has 22 heavy (non-hydrogen) atoms. The van der Waals surface area contributed by atoms with Gasteiger partial charge in [0.05, 0.1) is 0 Å². The fraction of sp³-hybridized carbons (Fsp3) is 0. The maximum Gasteiger partial charge on any atom is 0.171 e. The van der Waals surface area contributed by atoms with Gasteiger partial charge in [-0.05, 0) is 12.1 Å². The zero-order chi connectivity index (χ0) is 15.6. The van der Waals surface area contributed by atoms with Crippen molar-refractivity contribution in [3.8, 4) is 0 Å². The molecule has 3 aromatic rings. The maximum atomic E-state index is 13.8. The second kappa shape index (κ2) is 5.86. The van der Waals surface area contributed by atoms with Crippen molar-refractivity contribution in [3.63, 3.8) is 0 Å². The van der Waals surface area contributed by atoms with Crippen molar-refractivity contribution in [1.29, 1.82) is 0 Å². The lowest BCUT2D eigenvalue weighted by Crippen LogP contribution is -2.25. The van der Waals surface area contributed by atoms with E-state index in [2.05, 4.69) is 0 Å². The number of benzene rings is 3. The largest absolute Gasteiger partial charge is 0.309 e. The molecule has 0 atom stereocenters. The van der Waals surface area contributed by atoms with Crippen molar-refractivity contribution < 1.29 is 13.3 Å². The van der Waals surface area contributed by atoms with E-state index in [4.69, 9.17) is 0 Å². The van der Waals surface area contributed by atoms with E-state index in [1.165, 1.54) is 0 Å². The summed E-state index contributed by atoms with van der Waals surface area (Å²) in [6, 6.07) is 20.6. The Morgan fingerprint density at radius 2 is 1.00 bits per heavy atom. The Kier molecular flexibility index (Phi) is 3.91. The van der Waals surface area contributed by atoms with E-state index >= 15 is 0 Å². The second-order valence-electron chi connectivity index (χ2n) is 4.91. The minimum Gasteiger partial charge on any atom is -0.309 e. The van der Waals surface area contributed by atoms with Gasteiger partial charge in [-0.15, -0.1) is 0 Å². The van der Waals surface area contributed by atoms with Crippen LogP contribution in [0.25, 0.3) is 0 Å². The van der Waals surface area contributed by atoms with E-state index in [0.29, 0.717) is 10.6 Å². The zero-order valence-electron chi connectivity index (χ0n) is 11.6. The summed E-state index contributed by atoms with van der Waals surface area (Å²) >= 11 is 0. The first kappa shape index (κ1) is 14.7. The molecular formula is C18H13F2OP. The first-order chi connectivity index (χ1) is 10.6. The Balaban J connectivity index is 2.31. The van der Waals surface area contributed by atoms with Crippen LogP contribution in [0.3, 0.4) is 0 Å². The third-order valence-corrected chi connectivity index (χ3v) is 6.49. The van der Waals surface area contributed by atoms with Crippen molar-refractivity contribution in [1.82, 2.24) is 0 Å². The number of hydrogen-bond acceptors (Lipinski definition) is 1. The number of rotatable bonds is 3. The van der Waals surface area contributed by atoms with Crippen LogP contribution in [-0.4, -0.2) is 0 Å². The van der Waals surface area contributed by atoms with E-state index in [1.54, 1.807) is 48.5 Å². The highest BCUT2D eigenvalue weighted by Crippen LogP contribution is 2.42. The Labute approximate surface area is 127 Å². The van der Waals surface area contributed by atoms with Gasteiger partial charge < -0.3 is 4.57 Å². The summed E-state index contributed by atoms with van der Waals surface area (Å²) in [5, 5.41) is 1.25. The molecule has 0 saturated carbocycles. The molecule has 0 amide bonds. The van der Waals surface area contributed by atoms with Gasteiger partial charge in [-0.25, -0.2) is 8.78 Å². The normalized spacial score (nSPS) is 11.4. The molecule has 0 N–H and O–H groups in total. The quantitative estimate of drug-likeness (QED) is 0.675. The summed E-state index contributed by atoms with van der Waals surface area (Å²) in [5.41, 5.74) is 0. The van der Waals surface area contributed by atoms with Crippen LogP contribution in [0.1, 0.15) is 0 Å². The average Bonchev–Trinajstić information content (AvgIpc) is 2.55. The SMILES string of the molecule is O=P(c1ccccc1)(c1ccccc1)c1cc(F)cc(F)c1. The topological polar surface area (TPSA) is 17.1 Å². The summed E-state index contributed by atoms with van der Waals surface area (Å²) in [5.74, 6) is -1.47. The van der Waals surface area contributed by atoms with Crippen molar-refractivity contribution in [2.24, 2.45) is 0 Å². The Bertz CT molecular complexity index is 768. The molecule has 0 fully saturated rings. The monoisotopic (exact) mass is 314 g/mol. The van der Waals surface area contributed by atoms with Crippen LogP contribution in [0.15, 0.2) is 78.9 Å². The molecule has 0 heterocycles. The van der Waals surface area contributed by atoms with Crippen LogP contribution < -0.4 is 15.9 Å². The van der Waals surface area contributed by atoms with Crippen LogP contribution in [0, 0.1) is 11.6 Å². The van der Waals surface area contributed by atoms with Crippen LogP contribution in [0.4, 0.5) is 8.78 Å². The second-order valence-corrected chi connectivity index (χ2v) is 7.68. The van der Waals surface area contributed by atoms with Gasteiger partial charge in [-0.2, -0.15) is 0 Å². The third-order valence-electron chi connectivity index (χ3n) is 3.45. The van der Waals surface area contributed by atoms with Gasteiger partial charge in [-0.3, -0.25) is 0 Å². The molecule has 0 aromatic heterocycles. The molecule has 0 unspecified atom stereocenters. The Hall–Kier alpha value is -2.25. The van der Waals surface area contributed by atoms with Crippen molar-refractivity contribution in [3.05, 3.63) is 90.5 Å². The predicted molar refractivity (Wildman–Crippen MR) is 85.8 cm³/mol. The smallest absolute Gasteiger partial charge is 0.171 e. The molecule has 0 aliphatic rings. The highest BCUT2D eigenvalue weighted by Gasteiger charge is 2.30. The molecule has 0 spiro atoms. The molecule has 0 radical (unpaired) electrons. The van der Waals surface area contributed by atoms with Crippen molar-refractivity contribution in [2.75, 3.05) is 0 Å². The summed E-state index contributed by atoms with van der Waals surface area (Å²) in [4.78, 5) is 0. The molecule has 0 aliphatic heterocycles. The lowest BCUT2D eigenvalue weighted by Gasteiger charge is -2.20. The van der Waals surface area contributed by atoms with Crippen LogP contribution in [0.5, 0.6) is 0 Å². The minimum atomic E-state index is -3.31. The van der Waals surface area contributed by atoms with Crippen LogP contribution >= 0.6 is 7.14 Å². The highest BCUT2D eigenvalue weighted by atomic mass is 31.2. The molecule has 1 nitrogen and oxygen atoms in total. The zero-order valence-corrected chi connectivity index (χ0v) is 12.5. The fourth-order valence-electron chi connectivity index (χ4n) is 2.44. The Morgan fingerprint density at radius 3 is 1.41 bits per heavy atom. The van der Waals surface area contributed by atoms with Gasteiger partial charge in [0.15, 0.2) is 7.14 Å². The van der Waals surface area contributed by atoms with E-state index in [0.717, 1.165) is 18.2 Å². The minimum absolute atomic E-state index is 0.155. The average molecular weight is 314 g/mol. The molecular weight excluding hydrogens is 301 g/mol. The van der Waals surface area contributed by atoms with E-state index in [-0.39, 0.29) is 5.30 Å². The fourth-order valence-corrected chi connectivity index (χ4v) is 5.13. The van der Waals surface area contributed by atoms with Gasteiger partial charge in [0.2, 0.25) is 0 Å². The number of halogens is 2. The van der Waals surface area contributed by atoms with Crippen molar-refractivity contribution in [2.45, 2.75) is 0 Å². The van der Waals surface area contributed by atoms with Crippen LogP contribution in [-0.2, 0) is 4.57 Å². The number of hydrogen-bond donors (Lipinski definition) is 0. The van der Waals surface area contributed by atoms with Gasteiger partial charge in [-0.1, -0.05) is 60.7 Å². The highest BCUT2D eigenvalue weighted by molar-refractivity contribution is 7.85. The first-order valence-electron chi connectivity index (χ1n) is 6.78. The standard InChI is InChI=1S/C18H13F2OP/c19-14-11-15(20)13-18(12-14)22(21,16-7-3-1-4-8-16)17-9-5-2-6-10-17/h1-13H. The lowest BCUT2D eigenvalue weighted by molar-refractivity contribution is 0.580. The molecule has 110 valence electrons. The first-order valence-corrected chi connectivity index (χ1v) is 8.49. The molecule has 0 aliphatic carbocycles. The van der Waals surface area contributed by atoms with Gasteiger partial charge >= 0.3 is 0 Å². The third kappa shape index (κ3) is 2.60. The summed E-state index contributed by atoms with van der Waals surface area (Å²) < 4.78 is 41.0. The maximum absolute atomic E-state index is 13.8. The van der Waals surface area contributed by atoms with Gasteiger partial charge in [0, 0.05) is 22.0 Å². The molecule has 4 heteroatoms. The predicted octanol–water partition coefficient (Wildman–Crippen LogP) is 3.60. The van der Waals surface area contributed by atoms with E-state index in [9.17, 15) is 13.3 Å². The molecule has 0 saturated heterocycles. The lowest BCUT2D eigenvalue weighted by atomic mass is 10.3. The molecule has 3 aromatic carbocycles. The summed E-state index contributed by atoms with van der Waals surface area (Å²) in [6.07, 6.45) is 0. The summed E-state index contributed by atoms with van der Waals surface area (Å²) in [6.45, 7) is 0. The van der Waals surface area contributed by atoms with Gasteiger partial charge in [0.25, 0.3) is 0 Å². The van der Waals surface area contributed by atoms with Gasteiger partial charge in [0.1, 0.15) is 11.6 Å². The molecule has 0 bridgehead atoms. The summed E-state index contributed by atoms with van der Waals surface area (Å²) in [7, 11) is -3.31. The van der Waals surface area contributed by atoms with E-state index < -0.39 is 18.8 Å². The van der Waals surface area contributed by atoms with Crippen molar-refractivity contribution >= 4 is 23.1 Å².